The van der Waals surface area contributed by atoms with Gasteiger partial charge in [-0.25, -0.2) is 4.98 Å². The van der Waals surface area contributed by atoms with E-state index >= 15 is 0 Å². The molecular weight excluding hydrogens is 424 g/mol. The highest BCUT2D eigenvalue weighted by atomic mass is 32.1. The van der Waals surface area contributed by atoms with Crippen molar-refractivity contribution in [2.45, 2.75) is 13.5 Å². The summed E-state index contributed by atoms with van der Waals surface area (Å²) in [7, 11) is 0. The molecule has 2 amide bonds. The molecule has 2 aliphatic rings. The van der Waals surface area contributed by atoms with Crippen LogP contribution in [0.1, 0.15) is 21.1 Å². The summed E-state index contributed by atoms with van der Waals surface area (Å²) in [6.07, 6.45) is 0. The van der Waals surface area contributed by atoms with E-state index in [4.69, 9.17) is 4.74 Å². The molecule has 164 valence electrons. The topological polar surface area (TPSA) is 66.0 Å². The van der Waals surface area contributed by atoms with Crippen molar-refractivity contribution in [2.75, 3.05) is 42.6 Å². The first-order chi connectivity index (χ1) is 15.6. The maximum atomic E-state index is 13.0. The van der Waals surface area contributed by atoms with Gasteiger partial charge in [-0.15, -0.1) is 11.3 Å². The third-order valence-electron chi connectivity index (χ3n) is 5.90. The van der Waals surface area contributed by atoms with Crippen LogP contribution in [0.4, 0.5) is 11.4 Å². The van der Waals surface area contributed by atoms with Crippen LogP contribution in [0.3, 0.4) is 0 Å². The van der Waals surface area contributed by atoms with Crippen LogP contribution in [0.2, 0.25) is 0 Å². The first kappa shape index (κ1) is 20.5. The van der Waals surface area contributed by atoms with E-state index in [-0.39, 0.29) is 18.4 Å². The number of aryl methyl sites for hydroxylation is 1. The minimum atomic E-state index is -0.112. The number of aromatic nitrogens is 1. The van der Waals surface area contributed by atoms with E-state index in [1.54, 1.807) is 10.3 Å². The Kier molecular flexibility index (Phi) is 5.53. The van der Waals surface area contributed by atoms with Crippen LogP contribution in [0.5, 0.6) is 5.75 Å². The summed E-state index contributed by atoms with van der Waals surface area (Å²) in [4.78, 5) is 35.9. The monoisotopic (exact) mass is 448 g/mol. The Balaban J connectivity index is 1.24. The summed E-state index contributed by atoms with van der Waals surface area (Å²) in [5, 5.41) is 2.53. The standard InChI is InChI=1S/C24H24N4O3S/c1-17-6-2-3-7-19(17)26-10-12-27(13-11-26)24(30)18-16-32-22(25-18)14-28-20-8-4-5-9-21(20)31-15-23(28)29/h2-9,16H,10-15H2,1H3. The maximum Gasteiger partial charge on any atom is 0.273 e. The van der Waals surface area contributed by atoms with Gasteiger partial charge in [0, 0.05) is 37.2 Å². The number of nitrogens with zero attached hydrogens (tertiary/aromatic N) is 4. The normalized spacial score (nSPS) is 16.0. The van der Waals surface area contributed by atoms with Gasteiger partial charge in [-0.3, -0.25) is 14.5 Å². The second-order valence-electron chi connectivity index (χ2n) is 7.93. The minimum absolute atomic E-state index is 0.0132. The molecule has 0 unspecified atom stereocenters. The molecule has 2 aliphatic heterocycles. The molecule has 0 atom stereocenters. The number of piperazine rings is 1. The van der Waals surface area contributed by atoms with Crippen molar-refractivity contribution in [3.8, 4) is 5.75 Å². The van der Waals surface area contributed by atoms with E-state index in [0.29, 0.717) is 31.1 Å². The van der Waals surface area contributed by atoms with Crippen molar-refractivity contribution >= 4 is 34.5 Å². The van der Waals surface area contributed by atoms with E-state index < -0.39 is 0 Å². The molecule has 2 aromatic carbocycles. The Morgan fingerprint density at radius 1 is 1.03 bits per heavy atom. The number of hydrogen-bond acceptors (Lipinski definition) is 6. The third kappa shape index (κ3) is 3.93. The molecule has 32 heavy (non-hydrogen) atoms. The van der Waals surface area contributed by atoms with Gasteiger partial charge in [-0.05, 0) is 30.7 Å². The highest BCUT2D eigenvalue weighted by Crippen LogP contribution is 2.33. The quantitative estimate of drug-likeness (QED) is 0.613. The lowest BCUT2D eigenvalue weighted by atomic mass is 10.1. The van der Waals surface area contributed by atoms with Gasteiger partial charge in [0.15, 0.2) is 6.61 Å². The lowest BCUT2D eigenvalue weighted by molar-refractivity contribution is -0.121. The smallest absolute Gasteiger partial charge is 0.273 e. The average molecular weight is 449 g/mol. The lowest BCUT2D eigenvalue weighted by Gasteiger charge is -2.36. The Morgan fingerprint density at radius 2 is 1.75 bits per heavy atom. The van der Waals surface area contributed by atoms with E-state index in [9.17, 15) is 9.59 Å². The number of carbonyl (C=O) groups is 2. The van der Waals surface area contributed by atoms with Gasteiger partial charge in [0.1, 0.15) is 16.5 Å². The number of para-hydroxylation sites is 3. The van der Waals surface area contributed by atoms with Gasteiger partial charge >= 0.3 is 0 Å². The molecule has 7 nitrogen and oxygen atoms in total. The molecule has 1 aromatic heterocycles. The van der Waals surface area contributed by atoms with Gasteiger partial charge in [-0.2, -0.15) is 0 Å². The number of carbonyl (C=O) groups excluding carboxylic acids is 2. The number of rotatable bonds is 4. The largest absolute Gasteiger partial charge is 0.482 e. The van der Waals surface area contributed by atoms with Gasteiger partial charge in [0.2, 0.25) is 0 Å². The molecule has 0 aliphatic carbocycles. The van der Waals surface area contributed by atoms with Crippen molar-refractivity contribution in [1.82, 2.24) is 9.88 Å². The molecule has 1 fully saturated rings. The first-order valence-electron chi connectivity index (χ1n) is 10.7. The fraction of sp³-hybridized carbons (Fsp3) is 0.292. The van der Waals surface area contributed by atoms with E-state index in [0.717, 1.165) is 23.8 Å². The number of fused-ring (bicyclic) bond motifs is 1. The summed E-state index contributed by atoms with van der Waals surface area (Å²) in [6.45, 7) is 5.38. The molecule has 3 heterocycles. The summed E-state index contributed by atoms with van der Waals surface area (Å²) in [6, 6.07) is 15.8. The van der Waals surface area contributed by atoms with Crippen molar-refractivity contribution < 1.29 is 14.3 Å². The van der Waals surface area contributed by atoms with Gasteiger partial charge in [0.25, 0.3) is 11.8 Å². The number of thiazole rings is 1. The van der Waals surface area contributed by atoms with Crippen LogP contribution in [-0.2, 0) is 11.3 Å². The van der Waals surface area contributed by atoms with Crippen LogP contribution in [0, 0.1) is 6.92 Å². The Labute approximate surface area is 190 Å². The third-order valence-corrected chi connectivity index (χ3v) is 6.73. The van der Waals surface area contributed by atoms with Crippen LogP contribution in [-0.4, -0.2) is 54.5 Å². The Morgan fingerprint density at radius 3 is 2.53 bits per heavy atom. The fourth-order valence-corrected chi connectivity index (χ4v) is 4.93. The van der Waals surface area contributed by atoms with Crippen molar-refractivity contribution in [3.05, 3.63) is 70.2 Å². The highest BCUT2D eigenvalue weighted by molar-refractivity contribution is 7.09. The summed E-state index contributed by atoms with van der Waals surface area (Å²) < 4.78 is 5.50. The summed E-state index contributed by atoms with van der Waals surface area (Å²) >= 11 is 1.41. The predicted molar refractivity (Wildman–Crippen MR) is 125 cm³/mol. The summed E-state index contributed by atoms with van der Waals surface area (Å²) in [5.74, 6) is 0.524. The maximum absolute atomic E-state index is 13.0. The van der Waals surface area contributed by atoms with Crippen LogP contribution >= 0.6 is 11.3 Å². The molecule has 0 saturated carbocycles. The van der Waals surface area contributed by atoms with Gasteiger partial charge < -0.3 is 14.5 Å². The zero-order valence-electron chi connectivity index (χ0n) is 17.9. The van der Waals surface area contributed by atoms with E-state index in [2.05, 4.69) is 28.9 Å². The molecule has 8 heteroatoms. The van der Waals surface area contributed by atoms with Crippen LogP contribution < -0.4 is 14.5 Å². The number of ether oxygens (including phenoxy) is 1. The lowest BCUT2D eigenvalue weighted by Crippen LogP contribution is -2.49. The van der Waals surface area contributed by atoms with Crippen molar-refractivity contribution in [1.29, 1.82) is 0 Å². The van der Waals surface area contributed by atoms with Crippen LogP contribution in [0.15, 0.2) is 53.9 Å². The van der Waals surface area contributed by atoms with E-state index in [1.165, 1.54) is 22.6 Å². The zero-order valence-corrected chi connectivity index (χ0v) is 18.7. The van der Waals surface area contributed by atoms with Gasteiger partial charge in [0.05, 0.1) is 12.2 Å². The van der Waals surface area contributed by atoms with Crippen molar-refractivity contribution in [2.24, 2.45) is 0 Å². The second-order valence-corrected chi connectivity index (χ2v) is 8.87. The summed E-state index contributed by atoms with van der Waals surface area (Å²) in [5.41, 5.74) is 3.66. The van der Waals surface area contributed by atoms with E-state index in [1.807, 2.05) is 41.3 Å². The number of amides is 2. The predicted octanol–water partition coefficient (Wildman–Crippen LogP) is 3.34. The molecule has 0 N–H and O–H groups in total. The molecule has 3 aromatic rings. The molecule has 1 saturated heterocycles. The zero-order chi connectivity index (χ0) is 22.1. The number of hydrogen-bond donors (Lipinski definition) is 0. The SMILES string of the molecule is Cc1ccccc1N1CCN(C(=O)c2csc(CN3C(=O)COc4ccccc43)n2)CC1. The van der Waals surface area contributed by atoms with Gasteiger partial charge in [-0.1, -0.05) is 30.3 Å². The first-order valence-corrected chi connectivity index (χ1v) is 11.5. The number of anilines is 2. The van der Waals surface area contributed by atoms with Crippen LogP contribution in [0.25, 0.3) is 0 Å². The molecule has 0 spiro atoms. The molecular formula is C24H24N4O3S. The Hall–Kier alpha value is -3.39. The molecule has 5 rings (SSSR count). The highest BCUT2D eigenvalue weighted by Gasteiger charge is 2.28. The minimum Gasteiger partial charge on any atom is -0.482 e. The second kappa shape index (κ2) is 8.63. The fourth-order valence-electron chi connectivity index (χ4n) is 4.17. The number of benzene rings is 2. The molecule has 0 radical (unpaired) electrons. The molecule has 0 bridgehead atoms. The Bertz CT molecular complexity index is 1150. The van der Waals surface area contributed by atoms with Crippen molar-refractivity contribution in [3.63, 3.8) is 0 Å². The average Bonchev–Trinajstić information content (AvgIpc) is 3.30.